The third kappa shape index (κ3) is 13.3. The Balaban J connectivity index is 3.15. The van der Waals surface area contributed by atoms with Crippen LogP contribution in [0.3, 0.4) is 0 Å². The van der Waals surface area contributed by atoms with E-state index in [9.17, 15) is 0 Å². The Labute approximate surface area is 135 Å². The summed E-state index contributed by atoms with van der Waals surface area (Å²) in [5.74, 6) is 0. The summed E-state index contributed by atoms with van der Waals surface area (Å²) in [5.41, 5.74) is 0. The van der Waals surface area contributed by atoms with Crippen LogP contribution in [0, 0.1) is 0 Å². The molecule has 0 aromatic carbocycles. The van der Waals surface area contributed by atoms with Crippen molar-refractivity contribution in [2.75, 3.05) is 39.3 Å². The lowest BCUT2D eigenvalue weighted by Gasteiger charge is -2.17. The molecule has 0 aromatic heterocycles. The third-order valence-electron chi connectivity index (χ3n) is 4.74. The van der Waals surface area contributed by atoms with Crippen LogP contribution < -0.4 is 0 Å². The van der Waals surface area contributed by atoms with Crippen molar-refractivity contribution in [1.82, 2.24) is 9.80 Å². The molecule has 0 saturated heterocycles. The van der Waals surface area contributed by atoms with Crippen LogP contribution in [0.25, 0.3) is 0 Å². The van der Waals surface area contributed by atoms with E-state index < -0.39 is 0 Å². The fourth-order valence-electron chi connectivity index (χ4n) is 2.99. The van der Waals surface area contributed by atoms with E-state index in [2.05, 4.69) is 37.5 Å². The lowest BCUT2D eigenvalue weighted by Crippen LogP contribution is -2.23. The van der Waals surface area contributed by atoms with Crippen LogP contribution in [-0.4, -0.2) is 49.1 Å². The maximum absolute atomic E-state index is 2.54. The van der Waals surface area contributed by atoms with Crippen LogP contribution >= 0.6 is 0 Å². The minimum absolute atomic E-state index is 1.21. The average molecular weight is 299 g/mol. The van der Waals surface area contributed by atoms with E-state index >= 15 is 0 Å². The molecule has 21 heavy (non-hydrogen) atoms. The predicted molar refractivity (Wildman–Crippen MR) is 97.1 cm³/mol. The second-order valence-corrected chi connectivity index (χ2v) is 6.24. The molecule has 0 aliphatic heterocycles. The molecule has 0 bridgehead atoms. The Morgan fingerprint density at radius 2 is 0.619 bits per heavy atom. The lowest BCUT2D eigenvalue weighted by molar-refractivity contribution is 0.293. The fraction of sp³-hybridized carbons (Fsp3) is 1.00. The Morgan fingerprint density at radius 3 is 0.857 bits per heavy atom. The van der Waals surface area contributed by atoms with E-state index in [0.717, 1.165) is 0 Å². The molecule has 0 radical (unpaired) electrons. The summed E-state index contributed by atoms with van der Waals surface area (Å²) in [6.07, 6.45) is 12.9. The predicted octanol–water partition coefficient (Wildman–Crippen LogP) is 5.18. The summed E-state index contributed by atoms with van der Waals surface area (Å²) in [6.45, 7) is 16.5. The van der Waals surface area contributed by atoms with Gasteiger partial charge in [0, 0.05) is 0 Å². The van der Waals surface area contributed by atoms with E-state index in [1.54, 1.807) is 0 Å². The summed E-state index contributed by atoms with van der Waals surface area (Å²) in [5, 5.41) is 0. The van der Waals surface area contributed by atoms with Gasteiger partial charge in [0.15, 0.2) is 0 Å². The van der Waals surface area contributed by atoms with Gasteiger partial charge in [-0.1, -0.05) is 72.6 Å². The van der Waals surface area contributed by atoms with Crippen LogP contribution in [-0.2, 0) is 0 Å². The second kappa shape index (κ2) is 16.3. The van der Waals surface area contributed by atoms with Gasteiger partial charge in [0.25, 0.3) is 0 Å². The average Bonchev–Trinajstić information content (AvgIpc) is 2.52. The van der Waals surface area contributed by atoms with Gasteiger partial charge in [-0.3, -0.25) is 0 Å². The number of nitrogens with zero attached hydrogens (tertiary/aromatic N) is 2. The van der Waals surface area contributed by atoms with Gasteiger partial charge in [0.2, 0.25) is 0 Å². The molecule has 0 aromatic rings. The van der Waals surface area contributed by atoms with Crippen molar-refractivity contribution in [3.05, 3.63) is 0 Å². The molecule has 0 heterocycles. The van der Waals surface area contributed by atoms with Gasteiger partial charge in [-0.05, 0) is 52.1 Å². The lowest BCUT2D eigenvalue weighted by atomic mass is 10.1. The van der Waals surface area contributed by atoms with Crippen molar-refractivity contribution in [1.29, 1.82) is 0 Å². The van der Waals surface area contributed by atoms with E-state index in [4.69, 9.17) is 0 Å². The molecule has 2 nitrogen and oxygen atoms in total. The Morgan fingerprint density at radius 1 is 0.381 bits per heavy atom. The standard InChI is InChI=1S/C19H42N2/c1-5-20(6-2)18-16-14-12-10-9-11-13-15-17-19-21(7-3)8-4/h5-19H2,1-4H3. The molecule has 0 spiro atoms. The number of hydrogen-bond donors (Lipinski definition) is 0. The van der Waals surface area contributed by atoms with E-state index in [1.807, 2.05) is 0 Å². The van der Waals surface area contributed by atoms with Crippen LogP contribution in [0.15, 0.2) is 0 Å². The maximum atomic E-state index is 2.54. The molecule has 0 rings (SSSR count). The van der Waals surface area contributed by atoms with Crippen LogP contribution in [0.1, 0.15) is 85.5 Å². The van der Waals surface area contributed by atoms with Gasteiger partial charge in [0.1, 0.15) is 0 Å². The summed E-state index contributed by atoms with van der Waals surface area (Å²) in [4.78, 5) is 5.08. The first kappa shape index (κ1) is 20.9. The molecular formula is C19H42N2. The molecule has 0 amide bonds. The van der Waals surface area contributed by atoms with Crippen LogP contribution in [0.5, 0.6) is 0 Å². The second-order valence-electron chi connectivity index (χ2n) is 6.24. The van der Waals surface area contributed by atoms with Crippen molar-refractivity contribution in [3.8, 4) is 0 Å². The summed E-state index contributed by atoms with van der Waals surface area (Å²) >= 11 is 0. The van der Waals surface area contributed by atoms with Gasteiger partial charge in [-0.2, -0.15) is 0 Å². The normalized spacial score (nSPS) is 11.7. The molecular weight excluding hydrogens is 256 g/mol. The van der Waals surface area contributed by atoms with Crippen LogP contribution in [0.2, 0.25) is 0 Å². The van der Waals surface area contributed by atoms with Gasteiger partial charge in [-0.15, -0.1) is 0 Å². The molecule has 0 aliphatic rings. The molecule has 2 heteroatoms. The largest absolute Gasteiger partial charge is 0.304 e. The van der Waals surface area contributed by atoms with Crippen LogP contribution in [0.4, 0.5) is 0 Å². The highest BCUT2D eigenvalue weighted by molar-refractivity contribution is 4.55. The number of hydrogen-bond acceptors (Lipinski definition) is 2. The number of rotatable bonds is 16. The quantitative estimate of drug-likeness (QED) is 0.362. The minimum Gasteiger partial charge on any atom is -0.304 e. The first-order valence-corrected chi connectivity index (χ1v) is 9.73. The van der Waals surface area contributed by atoms with Gasteiger partial charge >= 0.3 is 0 Å². The van der Waals surface area contributed by atoms with Crippen molar-refractivity contribution >= 4 is 0 Å². The summed E-state index contributed by atoms with van der Waals surface area (Å²) in [6, 6.07) is 0. The molecule has 0 atom stereocenters. The maximum Gasteiger partial charge on any atom is -0.00190 e. The summed E-state index contributed by atoms with van der Waals surface area (Å²) in [7, 11) is 0. The zero-order chi connectivity index (χ0) is 15.8. The smallest absolute Gasteiger partial charge is 0.00190 e. The zero-order valence-corrected chi connectivity index (χ0v) is 15.5. The van der Waals surface area contributed by atoms with Crippen molar-refractivity contribution < 1.29 is 0 Å². The van der Waals surface area contributed by atoms with Crippen molar-refractivity contribution in [2.24, 2.45) is 0 Å². The Kier molecular flexibility index (Phi) is 16.2. The molecule has 0 N–H and O–H groups in total. The molecule has 0 aliphatic carbocycles. The van der Waals surface area contributed by atoms with Crippen molar-refractivity contribution in [3.63, 3.8) is 0 Å². The van der Waals surface area contributed by atoms with E-state index in [0.29, 0.717) is 0 Å². The molecule has 0 saturated carbocycles. The Hall–Kier alpha value is -0.0800. The highest BCUT2D eigenvalue weighted by Gasteiger charge is 1.99. The van der Waals surface area contributed by atoms with E-state index in [1.165, 1.54) is 97.1 Å². The minimum atomic E-state index is 1.21. The topological polar surface area (TPSA) is 6.48 Å². The monoisotopic (exact) mass is 298 g/mol. The highest BCUT2D eigenvalue weighted by atomic mass is 15.1. The Bertz CT molecular complexity index is 166. The van der Waals surface area contributed by atoms with Gasteiger partial charge < -0.3 is 9.80 Å². The highest BCUT2D eigenvalue weighted by Crippen LogP contribution is 2.10. The third-order valence-corrected chi connectivity index (χ3v) is 4.74. The zero-order valence-electron chi connectivity index (χ0n) is 15.5. The van der Waals surface area contributed by atoms with Gasteiger partial charge in [0.05, 0.1) is 0 Å². The first-order valence-electron chi connectivity index (χ1n) is 9.73. The molecule has 0 fully saturated rings. The first-order chi connectivity index (χ1) is 10.3. The van der Waals surface area contributed by atoms with E-state index in [-0.39, 0.29) is 0 Å². The van der Waals surface area contributed by atoms with Crippen molar-refractivity contribution in [2.45, 2.75) is 85.5 Å². The SMILES string of the molecule is CCN(CC)CCCCCCCCCCCN(CC)CC. The molecule has 0 unspecified atom stereocenters. The fourth-order valence-corrected chi connectivity index (χ4v) is 2.99. The summed E-state index contributed by atoms with van der Waals surface area (Å²) < 4.78 is 0. The number of unbranched alkanes of at least 4 members (excludes halogenated alkanes) is 8. The van der Waals surface area contributed by atoms with Gasteiger partial charge in [-0.25, -0.2) is 0 Å². The molecule has 128 valence electrons.